The number of allylic oxidation sites excluding steroid dienone is 26. The molecule has 0 fully saturated rings. The molecule has 0 aromatic carbocycles. The number of ether oxygens (including phenoxy) is 3. The Morgan fingerprint density at radius 2 is 0.477 bits per heavy atom. The van der Waals surface area contributed by atoms with Gasteiger partial charge in [0.15, 0.2) is 6.10 Å². The van der Waals surface area contributed by atoms with E-state index in [1.807, 2.05) is 0 Å². The van der Waals surface area contributed by atoms with Crippen LogP contribution in [0.1, 0.15) is 355 Å². The van der Waals surface area contributed by atoms with Gasteiger partial charge in [-0.25, -0.2) is 9.13 Å². The monoisotopic (exact) mass is 1590 g/mol. The standard InChI is InChI=1S/C93H158O16P2/c1-4-7-10-13-16-19-22-25-28-31-34-36-38-39-40-41-42-43-44-45-46-47-49-51-53-55-58-61-64-67-70-73-76-79-91(96)103-82-88(94)83-105-110(99,100)106-84-89(95)85-107-111(101,102)108-87-90(109-93(98)81-78-75-72-69-66-63-60-57-52-33-30-27-24-21-18-15-12-9-6-3)86-104-92(97)80-77-74-71-68-65-62-59-56-54-50-48-37-35-32-29-26-23-20-17-14-11-8-5-2/h9,12,16-21,25-30,34-37,39-40,50,52,54,57,63,66,88-90,94-95H,4-8,10-11,13-15,22-24,31-33,38,41-49,51,53,55-56,58-62,64-65,67-87H2,1-3H3,(H,99,100)(H,101,102)/b12-9-,19-16-,20-17-,21-18-,28-25-,29-26-,30-27-,36-34-,37-35-,40-39-,54-50-,57-52-,66-63-. The zero-order valence-electron chi connectivity index (χ0n) is 69.8. The summed E-state index contributed by atoms with van der Waals surface area (Å²) in [6.45, 7) is 2.48. The Kier molecular flexibility index (Phi) is 80.9. The molecule has 0 amide bonds. The van der Waals surface area contributed by atoms with Crippen LogP contribution in [0.15, 0.2) is 158 Å². The first kappa shape index (κ1) is 106. The number of phosphoric ester groups is 2. The average Bonchev–Trinajstić information content (AvgIpc) is 0.582. The van der Waals surface area contributed by atoms with Gasteiger partial charge in [0.25, 0.3) is 0 Å². The molecule has 16 nitrogen and oxygen atoms in total. The number of hydrogen-bond acceptors (Lipinski definition) is 14. The summed E-state index contributed by atoms with van der Waals surface area (Å²) in [5.41, 5.74) is 0. The normalized spacial score (nSPS) is 14.6. The largest absolute Gasteiger partial charge is 0.472 e. The fourth-order valence-corrected chi connectivity index (χ4v) is 13.2. The minimum Gasteiger partial charge on any atom is -0.463 e. The van der Waals surface area contributed by atoms with Crippen molar-refractivity contribution >= 4 is 33.6 Å². The number of unbranched alkanes of at least 4 members (excludes halogenated alkanes) is 33. The summed E-state index contributed by atoms with van der Waals surface area (Å²) in [5, 5.41) is 20.7. The average molecular weight is 1590 g/mol. The van der Waals surface area contributed by atoms with Crippen LogP contribution >= 0.6 is 15.6 Å². The van der Waals surface area contributed by atoms with Crippen molar-refractivity contribution in [2.45, 2.75) is 373 Å². The van der Waals surface area contributed by atoms with Crippen molar-refractivity contribution in [3.05, 3.63) is 158 Å². The second-order valence-electron chi connectivity index (χ2n) is 29.0. The minimum absolute atomic E-state index is 0.0582. The molecule has 0 radical (unpaired) electrons. The van der Waals surface area contributed by atoms with Crippen LogP contribution in [-0.2, 0) is 55.8 Å². The van der Waals surface area contributed by atoms with Gasteiger partial charge in [0.05, 0.1) is 26.4 Å². The molecule has 0 aromatic heterocycles. The van der Waals surface area contributed by atoms with Gasteiger partial charge in [-0.3, -0.25) is 32.5 Å². The minimum atomic E-state index is -4.95. The highest BCUT2D eigenvalue weighted by molar-refractivity contribution is 7.47. The van der Waals surface area contributed by atoms with Crippen LogP contribution in [0.3, 0.4) is 0 Å². The van der Waals surface area contributed by atoms with Gasteiger partial charge in [-0.05, 0) is 154 Å². The Morgan fingerprint density at radius 1 is 0.261 bits per heavy atom. The lowest BCUT2D eigenvalue weighted by molar-refractivity contribution is -0.161. The molecule has 0 rings (SSSR count). The Bertz CT molecular complexity index is 2650. The number of phosphoric acid groups is 2. The van der Waals surface area contributed by atoms with E-state index in [0.717, 1.165) is 154 Å². The maximum atomic E-state index is 13.0. The topological polar surface area (TPSA) is 231 Å². The highest BCUT2D eigenvalue weighted by atomic mass is 31.2. The molecular formula is C93H158O16P2. The lowest BCUT2D eigenvalue weighted by Crippen LogP contribution is -2.30. The first-order valence-electron chi connectivity index (χ1n) is 43.8. The van der Waals surface area contributed by atoms with Gasteiger partial charge in [-0.15, -0.1) is 0 Å². The van der Waals surface area contributed by atoms with Gasteiger partial charge >= 0.3 is 33.6 Å². The number of esters is 3. The summed E-state index contributed by atoms with van der Waals surface area (Å²) < 4.78 is 61.3. The van der Waals surface area contributed by atoms with E-state index in [2.05, 4.69) is 179 Å². The second kappa shape index (κ2) is 84.6. The Labute approximate surface area is 676 Å². The third-order valence-corrected chi connectivity index (χ3v) is 20.1. The van der Waals surface area contributed by atoms with Crippen LogP contribution in [0.5, 0.6) is 0 Å². The van der Waals surface area contributed by atoms with Crippen molar-refractivity contribution < 1.29 is 75.8 Å². The maximum Gasteiger partial charge on any atom is 0.472 e. The van der Waals surface area contributed by atoms with Gasteiger partial charge in [0.1, 0.15) is 25.4 Å². The predicted molar refractivity (Wildman–Crippen MR) is 463 cm³/mol. The van der Waals surface area contributed by atoms with E-state index in [0.29, 0.717) is 19.3 Å². The highest BCUT2D eigenvalue weighted by Gasteiger charge is 2.29. The van der Waals surface area contributed by atoms with Gasteiger partial charge in [0, 0.05) is 19.3 Å². The van der Waals surface area contributed by atoms with Crippen LogP contribution in [0, 0.1) is 0 Å². The molecule has 18 heteroatoms. The number of carbonyl (C=O) groups is 3. The lowest BCUT2D eigenvalue weighted by Gasteiger charge is -2.21. The molecule has 0 saturated carbocycles. The van der Waals surface area contributed by atoms with Gasteiger partial charge in [0.2, 0.25) is 0 Å². The molecule has 0 spiro atoms. The van der Waals surface area contributed by atoms with Crippen molar-refractivity contribution in [3.63, 3.8) is 0 Å². The molecule has 0 heterocycles. The summed E-state index contributed by atoms with van der Waals surface area (Å²) in [7, 11) is -9.82. The van der Waals surface area contributed by atoms with Crippen molar-refractivity contribution in [2.75, 3.05) is 39.6 Å². The quantitative estimate of drug-likeness (QED) is 0.0146. The number of aliphatic hydroxyl groups excluding tert-OH is 2. The number of aliphatic hydroxyl groups is 2. The molecule has 0 aliphatic rings. The van der Waals surface area contributed by atoms with E-state index in [1.165, 1.54) is 141 Å². The molecule has 636 valence electrons. The van der Waals surface area contributed by atoms with Crippen molar-refractivity contribution in [2.24, 2.45) is 0 Å². The first-order valence-corrected chi connectivity index (χ1v) is 46.8. The Hall–Kier alpha value is -4.83. The molecule has 0 aliphatic carbocycles. The highest BCUT2D eigenvalue weighted by Crippen LogP contribution is 2.45. The number of rotatable bonds is 82. The Morgan fingerprint density at radius 3 is 0.766 bits per heavy atom. The molecule has 111 heavy (non-hydrogen) atoms. The van der Waals surface area contributed by atoms with E-state index in [1.54, 1.807) is 0 Å². The van der Waals surface area contributed by atoms with E-state index in [4.69, 9.17) is 32.3 Å². The van der Waals surface area contributed by atoms with Crippen LogP contribution in [-0.4, -0.2) is 95.9 Å². The third kappa shape index (κ3) is 85.9. The molecule has 0 aromatic rings. The van der Waals surface area contributed by atoms with Crippen molar-refractivity contribution in [3.8, 4) is 0 Å². The SMILES string of the molecule is CC/C=C\C/C=C\C/C=C\C/C=C\C/C=C\CCCCCC(=O)OC(COC(=O)CCCCCCCCC/C=C\C/C=C\C/C=C\C/C=C\CCCCC)COP(=O)(O)OCC(O)COP(=O)(O)OCC(O)COC(=O)CCCCCCCCCCCCCCCCCCC/C=C\C/C=C\C/C=C\C/C=C\CCCCC. The molecule has 0 saturated heterocycles. The smallest absolute Gasteiger partial charge is 0.463 e. The van der Waals surface area contributed by atoms with Crippen molar-refractivity contribution in [1.82, 2.24) is 0 Å². The third-order valence-electron chi connectivity index (χ3n) is 18.2. The van der Waals surface area contributed by atoms with E-state index >= 15 is 0 Å². The van der Waals surface area contributed by atoms with Crippen LogP contribution in [0.2, 0.25) is 0 Å². The van der Waals surface area contributed by atoms with E-state index < -0.39 is 91.5 Å². The summed E-state index contributed by atoms with van der Waals surface area (Å²) in [5.74, 6) is -1.62. The molecule has 4 N–H and O–H groups in total. The summed E-state index contributed by atoms with van der Waals surface area (Å²) in [6.07, 6.45) is 107. The van der Waals surface area contributed by atoms with E-state index in [-0.39, 0.29) is 19.3 Å². The van der Waals surface area contributed by atoms with Gasteiger partial charge in [-0.2, -0.15) is 0 Å². The molecule has 5 unspecified atom stereocenters. The first-order chi connectivity index (χ1) is 54.2. The van der Waals surface area contributed by atoms with Gasteiger partial charge < -0.3 is 34.2 Å². The summed E-state index contributed by atoms with van der Waals surface area (Å²) in [4.78, 5) is 58.8. The predicted octanol–water partition coefficient (Wildman–Crippen LogP) is 26.5. The summed E-state index contributed by atoms with van der Waals surface area (Å²) in [6, 6.07) is 0. The van der Waals surface area contributed by atoms with Crippen LogP contribution in [0.4, 0.5) is 0 Å². The molecular weight excluding hydrogens is 1430 g/mol. The summed E-state index contributed by atoms with van der Waals surface area (Å²) >= 11 is 0. The fraction of sp³-hybridized carbons (Fsp3) is 0.688. The lowest BCUT2D eigenvalue weighted by atomic mass is 10.0. The van der Waals surface area contributed by atoms with Crippen LogP contribution in [0.25, 0.3) is 0 Å². The maximum absolute atomic E-state index is 13.0. The molecule has 0 aliphatic heterocycles. The fourth-order valence-electron chi connectivity index (χ4n) is 11.6. The van der Waals surface area contributed by atoms with Gasteiger partial charge in [-0.1, -0.05) is 339 Å². The number of hydrogen-bond donors (Lipinski definition) is 4. The zero-order chi connectivity index (χ0) is 80.8. The zero-order valence-corrected chi connectivity index (χ0v) is 71.6. The van der Waals surface area contributed by atoms with E-state index in [9.17, 15) is 43.5 Å². The van der Waals surface area contributed by atoms with Crippen molar-refractivity contribution in [1.29, 1.82) is 0 Å². The second-order valence-corrected chi connectivity index (χ2v) is 31.9. The molecule has 0 bridgehead atoms. The Balaban J connectivity index is 4.56. The molecule has 5 atom stereocenters. The number of carbonyl (C=O) groups excluding carboxylic acids is 3. The van der Waals surface area contributed by atoms with Crippen LogP contribution < -0.4 is 0 Å².